The quantitative estimate of drug-likeness (QED) is 0.680. The average Bonchev–Trinajstić information content (AvgIpc) is 2.47. The van der Waals surface area contributed by atoms with Gasteiger partial charge in [-0.25, -0.2) is 4.39 Å². The molecule has 2 rings (SSSR count). The monoisotopic (exact) mass is 304 g/mol. The topological polar surface area (TPSA) is 81.5 Å². The van der Waals surface area contributed by atoms with Crippen LogP contribution in [0, 0.1) is 22.9 Å². The maximum absolute atomic E-state index is 13.1. The van der Waals surface area contributed by atoms with Crippen LogP contribution in [0.4, 0.5) is 15.8 Å². The Balaban J connectivity index is 2.04. The summed E-state index contributed by atoms with van der Waals surface area (Å²) in [6.07, 6.45) is 0. The van der Waals surface area contributed by atoms with E-state index in [-0.39, 0.29) is 5.75 Å². The summed E-state index contributed by atoms with van der Waals surface area (Å²) in [7, 11) is 0. The maximum Gasteiger partial charge on any atom is 0.311 e. The number of aryl methyl sites for hydroxylation is 1. The summed E-state index contributed by atoms with van der Waals surface area (Å²) < 4.78 is 18.2. The van der Waals surface area contributed by atoms with Gasteiger partial charge in [-0.2, -0.15) is 0 Å². The van der Waals surface area contributed by atoms with Gasteiger partial charge in [0.15, 0.2) is 6.61 Å². The molecule has 0 aliphatic rings. The first kappa shape index (κ1) is 15.4. The molecule has 1 N–H and O–H groups in total. The highest BCUT2D eigenvalue weighted by Crippen LogP contribution is 2.27. The molecule has 0 spiro atoms. The van der Waals surface area contributed by atoms with Gasteiger partial charge in [-0.15, -0.1) is 0 Å². The highest BCUT2D eigenvalue weighted by molar-refractivity contribution is 5.92. The number of nitrogens with zero attached hydrogens (tertiary/aromatic N) is 1. The number of benzene rings is 2. The van der Waals surface area contributed by atoms with Crippen LogP contribution >= 0.6 is 0 Å². The number of carbonyl (C=O) groups excluding carboxylic acids is 1. The molecule has 0 aliphatic heterocycles. The molecule has 0 aliphatic carbocycles. The van der Waals surface area contributed by atoms with E-state index in [4.69, 9.17) is 4.74 Å². The standard InChI is InChI=1S/C15H13FN2O4/c1-10-4-2-3-5-12(10)17-15(19)9-22-14-8-11(16)6-7-13(14)18(20)21/h2-8H,9H2,1H3,(H,17,19). The molecule has 0 saturated carbocycles. The molecule has 0 aromatic heterocycles. The minimum Gasteiger partial charge on any atom is -0.477 e. The van der Waals surface area contributed by atoms with Crippen molar-refractivity contribution in [3.05, 3.63) is 64.0 Å². The van der Waals surface area contributed by atoms with E-state index in [1.54, 1.807) is 12.1 Å². The van der Waals surface area contributed by atoms with Gasteiger partial charge < -0.3 is 10.1 Å². The minimum absolute atomic E-state index is 0.287. The van der Waals surface area contributed by atoms with Crippen LogP contribution in [0.15, 0.2) is 42.5 Å². The normalized spacial score (nSPS) is 10.1. The average molecular weight is 304 g/mol. The van der Waals surface area contributed by atoms with Crippen LogP contribution in [0.5, 0.6) is 5.75 Å². The summed E-state index contributed by atoms with van der Waals surface area (Å²) >= 11 is 0. The Kier molecular flexibility index (Phi) is 4.67. The number of hydrogen-bond donors (Lipinski definition) is 1. The predicted octanol–water partition coefficient (Wildman–Crippen LogP) is 3.06. The van der Waals surface area contributed by atoms with Crippen LogP contribution in [0.25, 0.3) is 0 Å². The second kappa shape index (κ2) is 6.66. The van der Waals surface area contributed by atoms with Crippen LogP contribution < -0.4 is 10.1 Å². The lowest BCUT2D eigenvalue weighted by Gasteiger charge is -2.09. The lowest BCUT2D eigenvalue weighted by Crippen LogP contribution is -2.21. The van der Waals surface area contributed by atoms with Crippen molar-refractivity contribution in [1.29, 1.82) is 0 Å². The zero-order valence-electron chi connectivity index (χ0n) is 11.7. The Morgan fingerprint density at radius 1 is 1.32 bits per heavy atom. The third kappa shape index (κ3) is 3.78. The summed E-state index contributed by atoms with van der Waals surface area (Å²) in [6, 6.07) is 9.96. The summed E-state index contributed by atoms with van der Waals surface area (Å²) in [5, 5.41) is 13.4. The summed E-state index contributed by atoms with van der Waals surface area (Å²) in [5.41, 5.74) is 1.09. The van der Waals surface area contributed by atoms with Crippen LogP contribution in [0.1, 0.15) is 5.56 Å². The van der Waals surface area contributed by atoms with Crippen molar-refractivity contribution in [2.24, 2.45) is 0 Å². The number of halogens is 1. The number of ether oxygens (including phenoxy) is 1. The minimum atomic E-state index is -0.700. The van der Waals surface area contributed by atoms with E-state index in [2.05, 4.69) is 5.32 Å². The van der Waals surface area contributed by atoms with Gasteiger partial charge in [0, 0.05) is 17.8 Å². The number of anilines is 1. The number of carbonyl (C=O) groups is 1. The fraction of sp³-hybridized carbons (Fsp3) is 0.133. The zero-order chi connectivity index (χ0) is 16.1. The highest BCUT2D eigenvalue weighted by Gasteiger charge is 2.17. The van der Waals surface area contributed by atoms with E-state index in [9.17, 15) is 19.3 Å². The van der Waals surface area contributed by atoms with Crippen molar-refractivity contribution in [2.45, 2.75) is 6.92 Å². The number of nitro benzene ring substituents is 1. The third-order valence-corrected chi connectivity index (χ3v) is 2.90. The molecule has 0 heterocycles. The molecular weight excluding hydrogens is 291 g/mol. The summed E-state index contributed by atoms with van der Waals surface area (Å²) in [5.74, 6) is -1.46. The Hall–Kier alpha value is -2.96. The highest BCUT2D eigenvalue weighted by atomic mass is 19.1. The zero-order valence-corrected chi connectivity index (χ0v) is 11.7. The van der Waals surface area contributed by atoms with Gasteiger partial charge in [0.25, 0.3) is 5.91 Å². The molecule has 0 radical (unpaired) electrons. The molecule has 0 fully saturated rings. The lowest BCUT2D eigenvalue weighted by atomic mass is 10.2. The third-order valence-electron chi connectivity index (χ3n) is 2.90. The van der Waals surface area contributed by atoms with Crippen molar-refractivity contribution in [3.63, 3.8) is 0 Å². The molecule has 0 bridgehead atoms. The number of amides is 1. The molecule has 2 aromatic rings. The number of nitro groups is 1. The SMILES string of the molecule is Cc1ccccc1NC(=O)COc1cc(F)ccc1[N+](=O)[O-]. The van der Waals surface area contributed by atoms with E-state index in [0.717, 1.165) is 23.8 Å². The molecule has 1 amide bonds. The van der Waals surface area contributed by atoms with Gasteiger partial charge in [0.1, 0.15) is 5.82 Å². The van der Waals surface area contributed by atoms with Crippen molar-refractivity contribution in [3.8, 4) is 5.75 Å². The fourth-order valence-electron chi connectivity index (χ4n) is 1.80. The Morgan fingerprint density at radius 3 is 2.73 bits per heavy atom. The largest absolute Gasteiger partial charge is 0.477 e. The van der Waals surface area contributed by atoms with Crippen LogP contribution in [0.3, 0.4) is 0 Å². The Bertz CT molecular complexity index is 718. The van der Waals surface area contributed by atoms with Gasteiger partial charge in [0.2, 0.25) is 5.75 Å². The number of rotatable bonds is 5. The summed E-state index contributed by atoms with van der Waals surface area (Å²) in [6.45, 7) is 1.37. The smallest absolute Gasteiger partial charge is 0.311 e. The molecule has 6 nitrogen and oxygen atoms in total. The van der Waals surface area contributed by atoms with E-state index < -0.39 is 28.9 Å². The van der Waals surface area contributed by atoms with Crippen molar-refractivity contribution < 1.29 is 18.8 Å². The van der Waals surface area contributed by atoms with Gasteiger partial charge in [-0.05, 0) is 24.6 Å². The fourth-order valence-corrected chi connectivity index (χ4v) is 1.80. The first-order valence-electron chi connectivity index (χ1n) is 6.39. The molecule has 114 valence electrons. The number of nitrogens with one attached hydrogen (secondary N) is 1. The van der Waals surface area contributed by atoms with Gasteiger partial charge in [-0.3, -0.25) is 14.9 Å². The van der Waals surface area contributed by atoms with E-state index in [1.165, 1.54) is 0 Å². The number of hydrogen-bond acceptors (Lipinski definition) is 4. The summed E-state index contributed by atoms with van der Waals surface area (Å²) in [4.78, 5) is 21.9. The predicted molar refractivity (Wildman–Crippen MR) is 78.4 cm³/mol. The van der Waals surface area contributed by atoms with E-state index in [1.807, 2.05) is 19.1 Å². The van der Waals surface area contributed by atoms with Crippen LogP contribution in [-0.2, 0) is 4.79 Å². The molecule has 0 saturated heterocycles. The van der Waals surface area contributed by atoms with Crippen molar-refractivity contribution in [2.75, 3.05) is 11.9 Å². The van der Waals surface area contributed by atoms with Gasteiger partial charge in [-0.1, -0.05) is 18.2 Å². The lowest BCUT2D eigenvalue weighted by molar-refractivity contribution is -0.385. The second-order valence-corrected chi connectivity index (χ2v) is 4.52. The Morgan fingerprint density at radius 2 is 2.05 bits per heavy atom. The number of para-hydroxylation sites is 1. The first-order chi connectivity index (χ1) is 10.5. The second-order valence-electron chi connectivity index (χ2n) is 4.52. The Labute approximate surface area is 125 Å². The first-order valence-corrected chi connectivity index (χ1v) is 6.39. The van der Waals surface area contributed by atoms with Gasteiger partial charge >= 0.3 is 5.69 Å². The van der Waals surface area contributed by atoms with Crippen LogP contribution in [0.2, 0.25) is 0 Å². The van der Waals surface area contributed by atoms with E-state index >= 15 is 0 Å². The molecule has 7 heteroatoms. The molecular formula is C15H13FN2O4. The van der Waals surface area contributed by atoms with Crippen molar-refractivity contribution in [1.82, 2.24) is 0 Å². The van der Waals surface area contributed by atoms with Gasteiger partial charge in [0.05, 0.1) is 4.92 Å². The molecule has 22 heavy (non-hydrogen) atoms. The molecule has 0 atom stereocenters. The molecule has 0 unspecified atom stereocenters. The van der Waals surface area contributed by atoms with Crippen LogP contribution in [-0.4, -0.2) is 17.4 Å². The van der Waals surface area contributed by atoms with Crippen molar-refractivity contribution >= 4 is 17.3 Å². The maximum atomic E-state index is 13.1. The molecule has 2 aromatic carbocycles. The van der Waals surface area contributed by atoms with E-state index in [0.29, 0.717) is 5.69 Å².